The van der Waals surface area contributed by atoms with Gasteiger partial charge in [0, 0.05) is 39.8 Å². The van der Waals surface area contributed by atoms with Crippen molar-refractivity contribution >= 4 is 11.3 Å². The van der Waals surface area contributed by atoms with Crippen LogP contribution in [0.15, 0.2) is 16.8 Å². The molecule has 3 nitrogen and oxygen atoms in total. The maximum Gasteiger partial charge on any atom is 0.0959 e. The van der Waals surface area contributed by atoms with E-state index in [2.05, 4.69) is 21.7 Å². The van der Waals surface area contributed by atoms with Crippen molar-refractivity contribution < 1.29 is 9.47 Å². The Hall–Kier alpha value is -0.420. The zero-order valence-electron chi connectivity index (χ0n) is 10.2. The van der Waals surface area contributed by atoms with Crippen LogP contribution in [0.25, 0.3) is 0 Å². The van der Waals surface area contributed by atoms with E-state index < -0.39 is 0 Å². The van der Waals surface area contributed by atoms with Crippen molar-refractivity contribution in [1.82, 2.24) is 4.90 Å². The van der Waals surface area contributed by atoms with Crippen LogP contribution in [0, 0.1) is 0 Å². The van der Waals surface area contributed by atoms with E-state index in [1.165, 1.54) is 5.56 Å². The minimum atomic E-state index is 0.0922. The maximum absolute atomic E-state index is 5.96. The Morgan fingerprint density at radius 2 is 2.47 bits per heavy atom. The van der Waals surface area contributed by atoms with Crippen molar-refractivity contribution in [2.75, 3.05) is 26.8 Å². The van der Waals surface area contributed by atoms with E-state index >= 15 is 0 Å². The number of methoxy groups -OCH3 is 1. The molecule has 2 fully saturated rings. The summed E-state index contributed by atoms with van der Waals surface area (Å²) in [5.74, 6) is 0. The first-order valence-electron chi connectivity index (χ1n) is 6.20. The molecule has 3 rings (SSSR count). The normalized spacial score (nSPS) is 28.2. The second kappa shape index (κ2) is 4.69. The highest BCUT2D eigenvalue weighted by atomic mass is 32.1. The van der Waals surface area contributed by atoms with Gasteiger partial charge in [-0.05, 0) is 28.8 Å². The van der Waals surface area contributed by atoms with Crippen molar-refractivity contribution in [2.24, 2.45) is 0 Å². The Morgan fingerprint density at radius 1 is 1.59 bits per heavy atom. The van der Waals surface area contributed by atoms with Crippen LogP contribution in [0.3, 0.4) is 0 Å². The second-order valence-corrected chi connectivity index (χ2v) is 5.94. The highest BCUT2D eigenvalue weighted by molar-refractivity contribution is 7.07. The number of rotatable bonds is 3. The highest BCUT2D eigenvalue weighted by Crippen LogP contribution is 2.35. The van der Waals surface area contributed by atoms with E-state index in [-0.39, 0.29) is 5.60 Å². The van der Waals surface area contributed by atoms with Crippen LogP contribution >= 0.6 is 11.3 Å². The van der Waals surface area contributed by atoms with Gasteiger partial charge in [-0.25, -0.2) is 0 Å². The average Bonchev–Trinajstić information content (AvgIpc) is 2.80. The molecule has 94 valence electrons. The fourth-order valence-electron chi connectivity index (χ4n) is 2.93. The molecule has 0 amide bonds. The van der Waals surface area contributed by atoms with E-state index in [4.69, 9.17) is 9.47 Å². The monoisotopic (exact) mass is 253 g/mol. The third-order valence-corrected chi connectivity index (χ3v) is 4.52. The van der Waals surface area contributed by atoms with Crippen LogP contribution in [-0.4, -0.2) is 43.4 Å². The van der Waals surface area contributed by atoms with E-state index in [1.54, 1.807) is 11.3 Å². The molecule has 3 heterocycles. The maximum atomic E-state index is 5.96. The van der Waals surface area contributed by atoms with Gasteiger partial charge in [-0.15, -0.1) is 0 Å². The van der Waals surface area contributed by atoms with Gasteiger partial charge in [-0.3, -0.25) is 4.90 Å². The summed E-state index contributed by atoms with van der Waals surface area (Å²) < 4.78 is 11.4. The Morgan fingerprint density at radius 3 is 3.18 bits per heavy atom. The molecule has 2 saturated heterocycles. The molecule has 0 bridgehead atoms. The lowest BCUT2D eigenvalue weighted by atomic mass is 9.84. The second-order valence-electron chi connectivity index (χ2n) is 5.16. The van der Waals surface area contributed by atoms with Gasteiger partial charge in [-0.2, -0.15) is 11.3 Å². The summed E-state index contributed by atoms with van der Waals surface area (Å²) in [5, 5.41) is 4.37. The summed E-state index contributed by atoms with van der Waals surface area (Å²) in [6.45, 7) is 4.03. The van der Waals surface area contributed by atoms with Gasteiger partial charge < -0.3 is 9.47 Å². The predicted molar refractivity (Wildman–Crippen MR) is 68.3 cm³/mol. The van der Waals surface area contributed by atoms with Gasteiger partial charge >= 0.3 is 0 Å². The van der Waals surface area contributed by atoms with Crippen LogP contribution in [0.2, 0.25) is 0 Å². The molecular weight excluding hydrogens is 234 g/mol. The highest BCUT2D eigenvalue weighted by Gasteiger charge is 2.47. The summed E-state index contributed by atoms with van der Waals surface area (Å²) in [6.07, 6.45) is 2.50. The Balaban J connectivity index is 1.53. The molecule has 1 spiro atoms. The minimum Gasteiger partial charge on any atom is -0.381 e. The molecule has 0 aliphatic carbocycles. The predicted octanol–water partition coefficient (Wildman–Crippen LogP) is 2.13. The zero-order chi connectivity index (χ0) is 11.7. The standard InChI is InChI=1S/C13H19NO2S/c1-15-12-2-4-16-13(6-12)9-14(10-13)7-11-3-5-17-8-11/h3,5,8,12H,2,4,6-7,9-10H2,1H3. The summed E-state index contributed by atoms with van der Waals surface area (Å²) in [6, 6.07) is 2.20. The molecule has 2 aliphatic rings. The number of hydrogen-bond acceptors (Lipinski definition) is 4. The molecule has 1 atom stereocenters. The lowest BCUT2D eigenvalue weighted by molar-refractivity contribution is -0.195. The molecule has 1 aromatic heterocycles. The van der Waals surface area contributed by atoms with Gasteiger partial charge in [0.25, 0.3) is 0 Å². The van der Waals surface area contributed by atoms with Gasteiger partial charge in [-0.1, -0.05) is 0 Å². The van der Waals surface area contributed by atoms with Crippen molar-refractivity contribution in [3.05, 3.63) is 22.4 Å². The van der Waals surface area contributed by atoms with Crippen molar-refractivity contribution in [3.63, 3.8) is 0 Å². The Kier molecular flexibility index (Phi) is 3.21. The van der Waals surface area contributed by atoms with E-state index in [0.29, 0.717) is 6.10 Å². The van der Waals surface area contributed by atoms with E-state index in [1.807, 2.05) is 7.11 Å². The van der Waals surface area contributed by atoms with Gasteiger partial charge in [0.05, 0.1) is 11.7 Å². The largest absolute Gasteiger partial charge is 0.381 e. The molecule has 1 unspecified atom stereocenters. The first-order valence-corrected chi connectivity index (χ1v) is 7.14. The first-order chi connectivity index (χ1) is 8.30. The van der Waals surface area contributed by atoms with Crippen molar-refractivity contribution in [3.8, 4) is 0 Å². The molecule has 0 N–H and O–H groups in total. The van der Waals surface area contributed by atoms with Crippen LogP contribution in [0.4, 0.5) is 0 Å². The Bertz CT molecular complexity index is 360. The lowest BCUT2D eigenvalue weighted by Gasteiger charge is -2.53. The van der Waals surface area contributed by atoms with Gasteiger partial charge in [0.2, 0.25) is 0 Å². The van der Waals surface area contributed by atoms with Crippen LogP contribution in [0.1, 0.15) is 18.4 Å². The summed E-state index contributed by atoms with van der Waals surface area (Å²) in [7, 11) is 1.81. The number of ether oxygens (including phenoxy) is 2. The number of hydrogen-bond donors (Lipinski definition) is 0. The molecule has 4 heteroatoms. The topological polar surface area (TPSA) is 21.7 Å². The van der Waals surface area contributed by atoms with Crippen LogP contribution in [0.5, 0.6) is 0 Å². The van der Waals surface area contributed by atoms with E-state index in [0.717, 1.165) is 39.1 Å². The quantitative estimate of drug-likeness (QED) is 0.823. The fourth-order valence-corrected chi connectivity index (χ4v) is 3.59. The van der Waals surface area contributed by atoms with Gasteiger partial charge in [0.15, 0.2) is 0 Å². The SMILES string of the molecule is COC1CCOC2(C1)CN(Cc1ccsc1)C2. The molecule has 0 saturated carbocycles. The van der Waals surface area contributed by atoms with Crippen LogP contribution < -0.4 is 0 Å². The van der Waals surface area contributed by atoms with Crippen molar-refractivity contribution in [1.29, 1.82) is 0 Å². The zero-order valence-corrected chi connectivity index (χ0v) is 11.0. The number of likely N-dealkylation sites (tertiary alicyclic amines) is 1. The third kappa shape index (κ3) is 2.40. The smallest absolute Gasteiger partial charge is 0.0959 e. The minimum absolute atomic E-state index is 0.0922. The summed E-state index contributed by atoms with van der Waals surface area (Å²) in [4.78, 5) is 2.46. The molecule has 17 heavy (non-hydrogen) atoms. The number of thiophene rings is 1. The molecule has 0 radical (unpaired) electrons. The third-order valence-electron chi connectivity index (χ3n) is 3.79. The molecule has 0 aromatic carbocycles. The van der Waals surface area contributed by atoms with Gasteiger partial charge in [0.1, 0.15) is 0 Å². The fraction of sp³-hybridized carbons (Fsp3) is 0.692. The van der Waals surface area contributed by atoms with Crippen LogP contribution in [-0.2, 0) is 16.0 Å². The lowest BCUT2D eigenvalue weighted by Crippen LogP contribution is -2.65. The molecule has 1 aromatic rings. The average molecular weight is 253 g/mol. The molecule has 2 aliphatic heterocycles. The Labute approximate surface area is 106 Å². The van der Waals surface area contributed by atoms with E-state index in [9.17, 15) is 0 Å². The van der Waals surface area contributed by atoms with Crippen molar-refractivity contribution in [2.45, 2.75) is 31.1 Å². The first kappa shape index (κ1) is 11.7. The summed E-state index contributed by atoms with van der Waals surface area (Å²) >= 11 is 1.77. The summed E-state index contributed by atoms with van der Waals surface area (Å²) in [5.41, 5.74) is 1.51. The molecular formula is C13H19NO2S. The number of nitrogens with zero attached hydrogens (tertiary/aromatic N) is 1.